The first-order chi connectivity index (χ1) is 14.5. The summed E-state index contributed by atoms with van der Waals surface area (Å²) in [5.74, 6) is 0.256. The highest BCUT2D eigenvalue weighted by atomic mass is 32.2. The topological polar surface area (TPSA) is 127 Å². The van der Waals surface area contributed by atoms with Gasteiger partial charge in [0, 0.05) is 18.7 Å². The molecule has 0 aliphatic heterocycles. The minimum absolute atomic E-state index is 0.0231. The van der Waals surface area contributed by atoms with E-state index in [1.54, 1.807) is 0 Å². The van der Waals surface area contributed by atoms with Crippen LogP contribution in [-0.2, 0) is 9.59 Å². The number of aliphatic carboxylic acids is 2. The van der Waals surface area contributed by atoms with E-state index < -0.39 is 18.0 Å². The molecule has 0 rings (SSSR count). The largest absolute Gasteiger partial charge is 0.481 e. The molecule has 0 aromatic heterocycles. The maximum atomic E-state index is 9.99. The van der Waals surface area contributed by atoms with Crippen molar-refractivity contribution in [3.05, 3.63) is 0 Å². The van der Waals surface area contributed by atoms with Crippen LogP contribution in [0.3, 0.4) is 0 Å². The number of unbranched alkanes of at least 4 members (excludes halogenated alkanes) is 13. The van der Waals surface area contributed by atoms with Crippen molar-refractivity contribution in [1.29, 1.82) is 0 Å². The summed E-state index contributed by atoms with van der Waals surface area (Å²) >= 11 is 2.01. The minimum Gasteiger partial charge on any atom is -0.481 e. The molecule has 6 nitrogen and oxygen atoms in total. The summed E-state index contributed by atoms with van der Waals surface area (Å²) in [6, 6.07) is -1.06. The van der Waals surface area contributed by atoms with Gasteiger partial charge in [-0.2, -0.15) is 11.8 Å². The molecule has 0 fully saturated rings. The number of hydrogen-bond acceptors (Lipinski definition) is 5. The Hall–Kier alpha value is -0.790. The molecule has 0 amide bonds. The van der Waals surface area contributed by atoms with Gasteiger partial charge in [0.05, 0.1) is 0 Å². The molecule has 1 atom stereocenters. The maximum Gasteiger partial charge on any atom is 0.320 e. The predicted molar refractivity (Wildman–Crippen MR) is 129 cm³/mol. The monoisotopic (exact) mass is 448 g/mol. The third-order valence-electron chi connectivity index (χ3n) is 4.89. The number of rotatable bonds is 21. The molecule has 0 heterocycles. The van der Waals surface area contributed by atoms with E-state index in [0.29, 0.717) is 0 Å². The zero-order valence-corrected chi connectivity index (χ0v) is 20.1. The summed E-state index contributed by atoms with van der Waals surface area (Å²) in [7, 11) is 0. The molecular formula is C23H48N2O4S. The van der Waals surface area contributed by atoms with Gasteiger partial charge in [0.1, 0.15) is 6.04 Å². The van der Waals surface area contributed by atoms with Crippen LogP contribution in [-0.4, -0.2) is 46.2 Å². The highest BCUT2D eigenvalue weighted by Gasteiger charge is 2.12. The zero-order chi connectivity index (χ0) is 22.9. The van der Waals surface area contributed by atoms with Crippen molar-refractivity contribution in [2.45, 2.75) is 116 Å². The van der Waals surface area contributed by atoms with E-state index in [9.17, 15) is 9.59 Å². The summed E-state index contributed by atoms with van der Waals surface area (Å²) in [6.45, 7) is 3.13. The highest BCUT2D eigenvalue weighted by molar-refractivity contribution is 7.99. The highest BCUT2D eigenvalue weighted by Crippen LogP contribution is 2.13. The Bertz CT molecular complexity index is 366. The van der Waals surface area contributed by atoms with Crippen LogP contribution in [0.4, 0.5) is 0 Å². The van der Waals surface area contributed by atoms with E-state index >= 15 is 0 Å². The number of hydrogen-bond donors (Lipinski definition) is 4. The summed E-state index contributed by atoms with van der Waals surface area (Å²) in [5.41, 5.74) is 10.5. The Morgan fingerprint density at radius 2 is 1.20 bits per heavy atom. The molecule has 0 aromatic rings. The summed E-state index contributed by atoms with van der Waals surface area (Å²) in [4.78, 5) is 19.9. The SMILES string of the molecule is CCCCCCCCCCCCCCCCSCCN.N[C@@H](CCC(=O)O)C(=O)O. The summed E-state index contributed by atoms with van der Waals surface area (Å²) < 4.78 is 0. The van der Waals surface area contributed by atoms with Crippen LogP contribution in [0.2, 0.25) is 0 Å². The Morgan fingerprint density at radius 1 is 0.767 bits per heavy atom. The second kappa shape index (κ2) is 26.2. The Labute approximate surface area is 188 Å². The molecule has 0 spiro atoms. The molecule has 0 saturated heterocycles. The van der Waals surface area contributed by atoms with Crippen molar-refractivity contribution >= 4 is 23.7 Å². The Kier molecular flexibility index (Phi) is 27.5. The van der Waals surface area contributed by atoms with Crippen molar-refractivity contribution < 1.29 is 19.8 Å². The predicted octanol–water partition coefficient (Wildman–Crippen LogP) is 5.42. The van der Waals surface area contributed by atoms with Crippen LogP contribution < -0.4 is 11.5 Å². The molecule has 0 unspecified atom stereocenters. The van der Waals surface area contributed by atoms with Crippen molar-refractivity contribution in [1.82, 2.24) is 0 Å². The molecule has 0 bridgehead atoms. The molecule has 0 saturated carbocycles. The van der Waals surface area contributed by atoms with Gasteiger partial charge in [-0.15, -0.1) is 0 Å². The lowest BCUT2D eigenvalue weighted by Crippen LogP contribution is -2.30. The second-order valence-electron chi connectivity index (χ2n) is 7.87. The first-order valence-electron chi connectivity index (χ1n) is 11.9. The average Bonchev–Trinajstić information content (AvgIpc) is 2.72. The molecule has 180 valence electrons. The molecule has 6 N–H and O–H groups in total. The van der Waals surface area contributed by atoms with Gasteiger partial charge in [-0.25, -0.2) is 0 Å². The van der Waals surface area contributed by atoms with E-state index in [1.807, 2.05) is 11.8 Å². The van der Waals surface area contributed by atoms with E-state index in [-0.39, 0.29) is 12.8 Å². The summed E-state index contributed by atoms with van der Waals surface area (Å²) in [5, 5.41) is 16.3. The van der Waals surface area contributed by atoms with Gasteiger partial charge in [-0.3, -0.25) is 9.59 Å². The van der Waals surface area contributed by atoms with Crippen molar-refractivity contribution in [2.24, 2.45) is 11.5 Å². The fourth-order valence-corrected chi connectivity index (χ4v) is 3.77. The molecule has 0 aromatic carbocycles. The first-order valence-corrected chi connectivity index (χ1v) is 13.1. The van der Waals surface area contributed by atoms with E-state index in [1.165, 1.54) is 95.6 Å². The molecule has 0 radical (unpaired) electrons. The lowest BCUT2D eigenvalue weighted by Gasteiger charge is -2.03. The quantitative estimate of drug-likeness (QED) is 0.173. The van der Waals surface area contributed by atoms with Crippen molar-refractivity contribution in [3.8, 4) is 0 Å². The number of nitrogens with two attached hydrogens (primary N) is 2. The number of carbonyl (C=O) groups is 2. The van der Waals surface area contributed by atoms with Crippen LogP contribution in [0.1, 0.15) is 110 Å². The normalized spacial score (nSPS) is 11.6. The number of carboxylic acid groups (broad SMARTS) is 2. The van der Waals surface area contributed by atoms with Crippen LogP contribution in [0.15, 0.2) is 0 Å². The molecule has 30 heavy (non-hydrogen) atoms. The lowest BCUT2D eigenvalue weighted by molar-refractivity contribution is -0.139. The van der Waals surface area contributed by atoms with E-state index in [4.69, 9.17) is 21.7 Å². The van der Waals surface area contributed by atoms with Crippen LogP contribution >= 0.6 is 11.8 Å². The van der Waals surface area contributed by atoms with Crippen LogP contribution in [0, 0.1) is 0 Å². The van der Waals surface area contributed by atoms with Crippen molar-refractivity contribution in [2.75, 3.05) is 18.1 Å². The van der Waals surface area contributed by atoms with Crippen LogP contribution in [0.25, 0.3) is 0 Å². The van der Waals surface area contributed by atoms with Gasteiger partial charge >= 0.3 is 11.9 Å². The first kappa shape index (κ1) is 31.4. The molecule has 0 aliphatic carbocycles. The fraction of sp³-hybridized carbons (Fsp3) is 0.913. The summed E-state index contributed by atoms with van der Waals surface area (Å²) in [6.07, 6.45) is 20.0. The van der Waals surface area contributed by atoms with Gasteiger partial charge in [0.15, 0.2) is 0 Å². The fourth-order valence-electron chi connectivity index (χ4n) is 2.99. The van der Waals surface area contributed by atoms with Gasteiger partial charge in [-0.1, -0.05) is 90.4 Å². The average molecular weight is 449 g/mol. The van der Waals surface area contributed by atoms with Crippen molar-refractivity contribution in [3.63, 3.8) is 0 Å². The molecule has 0 aliphatic rings. The zero-order valence-electron chi connectivity index (χ0n) is 19.3. The number of carboxylic acids is 2. The second-order valence-corrected chi connectivity index (χ2v) is 9.10. The third kappa shape index (κ3) is 29.4. The van der Waals surface area contributed by atoms with Gasteiger partial charge in [-0.05, 0) is 18.6 Å². The van der Waals surface area contributed by atoms with Gasteiger partial charge in [0.2, 0.25) is 0 Å². The van der Waals surface area contributed by atoms with E-state index in [2.05, 4.69) is 6.92 Å². The van der Waals surface area contributed by atoms with Crippen LogP contribution in [0.5, 0.6) is 0 Å². The third-order valence-corrected chi connectivity index (χ3v) is 5.99. The number of thioether (sulfide) groups is 1. The van der Waals surface area contributed by atoms with E-state index in [0.717, 1.165) is 12.3 Å². The molecular weight excluding hydrogens is 400 g/mol. The van der Waals surface area contributed by atoms with Gasteiger partial charge in [0.25, 0.3) is 0 Å². The maximum absolute atomic E-state index is 9.99. The molecule has 7 heteroatoms. The van der Waals surface area contributed by atoms with Gasteiger partial charge < -0.3 is 21.7 Å². The lowest BCUT2D eigenvalue weighted by atomic mass is 10.0. The smallest absolute Gasteiger partial charge is 0.320 e. The standard InChI is InChI=1S/C18H39NS.C5H9NO4/c1-2-3-4-5-6-7-8-9-10-11-12-13-14-15-17-20-18-16-19;6-3(5(9)10)1-2-4(7)8/h2-19H2,1H3;3H,1-2,6H2,(H,7,8)(H,9,10)/t;3-/m.0/s1. The minimum atomic E-state index is -1.17. The Balaban J connectivity index is 0. The Morgan fingerprint density at radius 3 is 1.57 bits per heavy atom.